The molecule has 0 spiro atoms. The summed E-state index contributed by atoms with van der Waals surface area (Å²) in [5, 5.41) is 9.68. The van der Waals surface area contributed by atoms with E-state index in [0.29, 0.717) is 17.0 Å². The average molecular weight is 361 g/mol. The molecule has 26 heavy (non-hydrogen) atoms. The molecule has 3 rings (SSSR count). The molecule has 0 unspecified atom stereocenters. The van der Waals surface area contributed by atoms with E-state index in [0.717, 1.165) is 23.3 Å². The Kier molecular flexibility index (Phi) is 5.62. The predicted octanol–water partition coefficient (Wildman–Crippen LogP) is 3.93. The van der Waals surface area contributed by atoms with Crippen LogP contribution in [0.3, 0.4) is 0 Å². The Balaban J connectivity index is 2.22. The van der Waals surface area contributed by atoms with Gasteiger partial charge < -0.3 is 4.74 Å². The number of hydrogen-bond acceptors (Lipinski definition) is 6. The van der Waals surface area contributed by atoms with Crippen LogP contribution in [-0.4, -0.2) is 24.0 Å². The van der Waals surface area contributed by atoms with E-state index in [9.17, 15) is 10.1 Å². The van der Waals surface area contributed by atoms with E-state index in [1.165, 1.54) is 0 Å². The molecule has 0 atom stereocenters. The first kappa shape index (κ1) is 17.6. The molecule has 0 amide bonds. The number of nitriles is 1. The highest BCUT2D eigenvalue weighted by Crippen LogP contribution is 2.28. The molecule has 1 heterocycles. The Bertz CT molecular complexity index is 885. The van der Waals surface area contributed by atoms with Crippen molar-refractivity contribution in [3.63, 3.8) is 0 Å². The molecule has 1 aliphatic heterocycles. The fraction of sp³-hybridized carbons (Fsp3) is 0.100. The smallest absolute Gasteiger partial charge is 0.349 e. The van der Waals surface area contributed by atoms with Crippen LogP contribution in [0.1, 0.15) is 18.1 Å². The summed E-state index contributed by atoms with van der Waals surface area (Å²) in [4.78, 5) is 12.4. The maximum absolute atomic E-state index is 12.4. The Morgan fingerprint density at radius 1 is 1.00 bits per heavy atom. The highest BCUT2D eigenvalue weighted by atomic mass is 32.2. The molecule has 2 aromatic carbocycles. The van der Waals surface area contributed by atoms with Crippen molar-refractivity contribution in [2.45, 2.75) is 6.92 Å². The molecule has 0 bridgehead atoms. The van der Waals surface area contributed by atoms with Gasteiger partial charge in [-0.15, -0.1) is 0 Å². The van der Waals surface area contributed by atoms with Crippen molar-refractivity contribution >= 4 is 29.5 Å². The molecule has 128 valence electrons. The molecule has 0 N–H and O–H groups in total. The zero-order chi connectivity index (χ0) is 18.4. The van der Waals surface area contributed by atoms with E-state index in [1.54, 1.807) is 6.92 Å². The van der Waals surface area contributed by atoms with Crippen molar-refractivity contribution in [3.8, 4) is 6.07 Å². The first-order valence-electron chi connectivity index (χ1n) is 8.01. The van der Waals surface area contributed by atoms with Crippen molar-refractivity contribution in [3.05, 3.63) is 82.9 Å². The van der Waals surface area contributed by atoms with Crippen molar-refractivity contribution in [2.24, 2.45) is 8.80 Å². The van der Waals surface area contributed by atoms with Gasteiger partial charge in [-0.2, -0.15) is 14.1 Å². The van der Waals surface area contributed by atoms with E-state index in [2.05, 4.69) is 8.80 Å². The van der Waals surface area contributed by atoms with Crippen molar-refractivity contribution in [1.82, 2.24) is 0 Å². The van der Waals surface area contributed by atoms with Crippen LogP contribution < -0.4 is 0 Å². The second-order valence-corrected chi connectivity index (χ2v) is 5.80. The van der Waals surface area contributed by atoms with Crippen molar-refractivity contribution in [1.29, 1.82) is 5.26 Å². The van der Waals surface area contributed by atoms with Crippen LogP contribution in [0.2, 0.25) is 0 Å². The lowest BCUT2D eigenvalue weighted by Crippen LogP contribution is -2.23. The van der Waals surface area contributed by atoms with Crippen LogP contribution in [0.25, 0.3) is 0 Å². The maximum Gasteiger partial charge on any atom is 0.349 e. The number of esters is 1. The van der Waals surface area contributed by atoms with Gasteiger partial charge in [-0.25, -0.2) is 4.79 Å². The zero-order valence-electron chi connectivity index (χ0n) is 14.0. The first-order valence-corrected chi connectivity index (χ1v) is 8.74. The molecule has 5 nitrogen and oxygen atoms in total. The summed E-state index contributed by atoms with van der Waals surface area (Å²) in [5.74, 6) is -0.677. The molecule has 0 saturated carbocycles. The third-order valence-electron chi connectivity index (χ3n) is 3.67. The summed E-state index contributed by atoms with van der Waals surface area (Å²) >= 11 is 1.04. The Morgan fingerprint density at radius 3 is 1.92 bits per heavy atom. The molecule has 6 heteroatoms. The van der Waals surface area contributed by atoms with E-state index in [1.807, 2.05) is 66.7 Å². The van der Waals surface area contributed by atoms with Gasteiger partial charge in [0.05, 0.1) is 23.6 Å². The van der Waals surface area contributed by atoms with Crippen LogP contribution in [0.4, 0.5) is 0 Å². The lowest BCUT2D eigenvalue weighted by atomic mass is 9.90. The van der Waals surface area contributed by atoms with Gasteiger partial charge >= 0.3 is 5.97 Å². The van der Waals surface area contributed by atoms with Gasteiger partial charge in [-0.3, -0.25) is 0 Å². The molecule has 0 aliphatic carbocycles. The molecule has 0 aromatic heterocycles. The summed E-state index contributed by atoms with van der Waals surface area (Å²) < 4.78 is 13.9. The molecular weight excluding hydrogens is 346 g/mol. The maximum atomic E-state index is 12.4. The highest BCUT2D eigenvalue weighted by Gasteiger charge is 2.29. The standard InChI is InChI=1S/C20H15N3O2S/c1-2-25-20(24)16(13-21)17-18(14-9-5-3-6-10-14)22-26-23-19(17)15-11-7-4-8-12-15/h3-12H,2H2,1H3. The van der Waals surface area contributed by atoms with Gasteiger partial charge in [-0.05, 0) is 6.92 Å². The second kappa shape index (κ2) is 8.28. The number of rotatable bonds is 4. The normalized spacial score (nSPS) is 13.3. The van der Waals surface area contributed by atoms with Gasteiger partial charge in [0.1, 0.15) is 23.8 Å². The number of carbonyl (C=O) groups excluding carboxylic acids is 1. The van der Waals surface area contributed by atoms with E-state index in [4.69, 9.17) is 4.74 Å². The third kappa shape index (κ3) is 3.58. The number of allylic oxidation sites excluding steroid dienone is 1. The minimum atomic E-state index is -0.677. The Morgan fingerprint density at radius 2 is 1.50 bits per heavy atom. The van der Waals surface area contributed by atoms with Crippen LogP contribution in [0.15, 0.2) is 80.6 Å². The predicted molar refractivity (Wildman–Crippen MR) is 103 cm³/mol. The number of hydrogen-bond donors (Lipinski definition) is 0. The summed E-state index contributed by atoms with van der Waals surface area (Å²) in [5.41, 5.74) is 2.97. The molecule has 1 aliphatic rings. The summed E-state index contributed by atoms with van der Waals surface area (Å²) in [7, 11) is 0. The monoisotopic (exact) mass is 361 g/mol. The van der Waals surface area contributed by atoms with Crippen LogP contribution in [0.5, 0.6) is 0 Å². The second-order valence-electron chi connectivity index (χ2n) is 5.28. The quantitative estimate of drug-likeness (QED) is 0.358. The fourth-order valence-electron chi connectivity index (χ4n) is 2.54. The van der Waals surface area contributed by atoms with Crippen LogP contribution >= 0.6 is 12.1 Å². The van der Waals surface area contributed by atoms with Gasteiger partial charge in [-0.1, -0.05) is 60.7 Å². The van der Waals surface area contributed by atoms with Gasteiger partial charge in [0, 0.05) is 11.1 Å². The van der Waals surface area contributed by atoms with Gasteiger partial charge in [0.2, 0.25) is 0 Å². The molecule has 0 fully saturated rings. The molecule has 0 radical (unpaired) electrons. The van der Waals surface area contributed by atoms with Gasteiger partial charge in [0.25, 0.3) is 0 Å². The highest BCUT2D eigenvalue weighted by molar-refractivity contribution is 7.97. The largest absolute Gasteiger partial charge is 0.462 e. The number of nitrogens with zero attached hydrogens (tertiary/aromatic N) is 3. The van der Waals surface area contributed by atoms with Crippen molar-refractivity contribution in [2.75, 3.05) is 6.61 Å². The van der Waals surface area contributed by atoms with E-state index in [-0.39, 0.29) is 12.2 Å². The molecule has 2 aromatic rings. The topological polar surface area (TPSA) is 74.8 Å². The van der Waals surface area contributed by atoms with Crippen LogP contribution in [-0.2, 0) is 9.53 Å². The third-order valence-corrected chi connectivity index (χ3v) is 4.20. The number of benzene rings is 2. The van der Waals surface area contributed by atoms with Gasteiger partial charge in [0.15, 0.2) is 0 Å². The SMILES string of the molecule is CCOC(=O)C(C#N)=C1C(c2ccccc2)=NSN=C1c1ccccc1. The molecular formula is C20H15N3O2S. The minimum absolute atomic E-state index is 0.0997. The molecule has 0 saturated heterocycles. The number of carbonyl (C=O) groups is 1. The number of ether oxygens (including phenoxy) is 1. The lowest BCUT2D eigenvalue weighted by molar-refractivity contribution is -0.138. The minimum Gasteiger partial charge on any atom is -0.462 e. The zero-order valence-corrected chi connectivity index (χ0v) is 14.9. The summed E-state index contributed by atoms with van der Waals surface area (Å²) in [6, 6.07) is 20.8. The Hall–Kier alpha value is -3.17. The first-order chi connectivity index (χ1) is 12.8. The summed E-state index contributed by atoms with van der Waals surface area (Å²) in [6.45, 7) is 1.88. The van der Waals surface area contributed by atoms with E-state index < -0.39 is 5.97 Å². The van der Waals surface area contributed by atoms with Crippen LogP contribution in [0, 0.1) is 11.3 Å². The lowest BCUT2D eigenvalue weighted by Gasteiger charge is -2.18. The fourth-order valence-corrected chi connectivity index (χ4v) is 3.13. The Labute approximate surface area is 156 Å². The van der Waals surface area contributed by atoms with E-state index >= 15 is 0 Å². The summed E-state index contributed by atoms with van der Waals surface area (Å²) in [6.07, 6.45) is 0. The average Bonchev–Trinajstić information content (AvgIpc) is 2.70. The van der Waals surface area contributed by atoms with Crippen molar-refractivity contribution < 1.29 is 9.53 Å².